The molecule has 0 aromatic carbocycles. The number of rotatable bonds is 10. The lowest BCUT2D eigenvalue weighted by molar-refractivity contribution is -0.156. The molecule has 190 valence electrons. The van der Waals surface area contributed by atoms with Crippen LogP contribution >= 0.6 is 0 Å². The number of hydrogen-bond donors (Lipinski definition) is 1. The third kappa shape index (κ3) is 7.18. The zero-order valence-corrected chi connectivity index (χ0v) is 21.8. The Morgan fingerprint density at radius 1 is 1.17 bits per heavy atom. The van der Waals surface area contributed by atoms with Crippen molar-refractivity contribution in [1.82, 2.24) is 9.97 Å². The van der Waals surface area contributed by atoms with Gasteiger partial charge in [0.25, 0.3) is 0 Å². The molecular formula is C29H41N3O3. The first-order valence-electron chi connectivity index (χ1n) is 13.2. The van der Waals surface area contributed by atoms with Crippen LogP contribution in [0.5, 0.6) is 5.88 Å². The van der Waals surface area contributed by atoms with E-state index in [1.807, 2.05) is 33.0 Å². The first-order chi connectivity index (χ1) is 16.8. The summed E-state index contributed by atoms with van der Waals surface area (Å²) in [6.07, 6.45) is 11.6. The summed E-state index contributed by atoms with van der Waals surface area (Å²) in [5, 5.41) is 3.44. The van der Waals surface area contributed by atoms with Crippen LogP contribution in [0.1, 0.15) is 88.5 Å². The van der Waals surface area contributed by atoms with Gasteiger partial charge in [0.15, 0.2) is 0 Å². The van der Waals surface area contributed by atoms with Crippen LogP contribution in [0, 0.1) is 11.8 Å². The van der Waals surface area contributed by atoms with Gasteiger partial charge in [0, 0.05) is 24.5 Å². The van der Waals surface area contributed by atoms with E-state index in [1.54, 1.807) is 7.11 Å². The van der Waals surface area contributed by atoms with E-state index >= 15 is 0 Å². The van der Waals surface area contributed by atoms with Crippen molar-refractivity contribution in [3.8, 4) is 5.88 Å². The fourth-order valence-electron chi connectivity index (χ4n) is 5.45. The number of fused-ring (bicyclic) bond motifs is 1. The lowest BCUT2D eigenvalue weighted by Gasteiger charge is -2.41. The van der Waals surface area contributed by atoms with Gasteiger partial charge < -0.3 is 14.8 Å². The van der Waals surface area contributed by atoms with Crippen molar-refractivity contribution < 1.29 is 14.3 Å². The summed E-state index contributed by atoms with van der Waals surface area (Å²) in [6.45, 7) is 6.80. The van der Waals surface area contributed by atoms with Crippen molar-refractivity contribution in [1.29, 1.82) is 0 Å². The smallest absolute Gasteiger partial charge is 0.306 e. The number of esters is 1. The predicted octanol–water partition coefficient (Wildman–Crippen LogP) is 6.10. The first kappa shape index (κ1) is 25.5. The van der Waals surface area contributed by atoms with E-state index in [0.29, 0.717) is 18.2 Å². The molecular weight excluding hydrogens is 438 g/mol. The van der Waals surface area contributed by atoms with E-state index in [0.717, 1.165) is 36.7 Å². The van der Waals surface area contributed by atoms with Gasteiger partial charge in [-0.1, -0.05) is 25.0 Å². The highest BCUT2D eigenvalue weighted by molar-refractivity contribution is 5.71. The van der Waals surface area contributed by atoms with Crippen molar-refractivity contribution in [2.75, 3.05) is 19.0 Å². The number of nitrogens with zero attached hydrogens (tertiary/aromatic N) is 2. The maximum atomic E-state index is 12.6. The van der Waals surface area contributed by atoms with Crippen molar-refractivity contribution in [3.63, 3.8) is 0 Å². The maximum absolute atomic E-state index is 12.6. The second-order valence-electron chi connectivity index (χ2n) is 11.2. The minimum Gasteiger partial charge on any atom is -0.481 e. The summed E-state index contributed by atoms with van der Waals surface area (Å²) in [5.74, 6) is 2.95. The van der Waals surface area contributed by atoms with Gasteiger partial charge in [-0.2, -0.15) is 0 Å². The summed E-state index contributed by atoms with van der Waals surface area (Å²) in [4.78, 5) is 21.9. The van der Waals surface area contributed by atoms with Gasteiger partial charge >= 0.3 is 5.97 Å². The molecule has 0 spiro atoms. The van der Waals surface area contributed by atoms with Crippen molar-refractivity contribution in [2.45, 2.75) is 90.1 Å². The molecule has 4 rings (SSSR count). The van der Waals surface area contributed by atoms with Gasteiger partial charge in [0.2, 0.25) is 5.88 Å². The van der Waals surface area contributed by atoms with Crippen LogP contribution in [0.2, 0.25) is 0 Å². The Morgan fingerprint density at radius 3 is 2.71 bits per heavy atom. The fourth-order valence-corrected chi connectivity index (χ4v) is 5.45. The largest absolute Gasteiger partial charge is 0.481 e. The fraction of sp³-hybridized carbons (Fsp3) is 0.621. The summed E-state index contributed by atoms with van der Waals surface area (Å²) < 4.78 is 10.9. The SMILES string of the molecule is COc1ccc(C(CC(=O)OC(C)(C)C)C2CC(CCCCc3ccc4c(n3)NCCC4)C2)cn1. The van der Waals surface area contributed by atoms with Crippen LogP contribution in [-0.2, 0) is 22.4 Å². The van der Waals surface area contributed by atoms with E-state index in [2.05, 4.69) is 28.5 Å². The maximum Gasteiger partial charge on any atom is 0.306 e. The van der Waals surface area contributed by atoms with Gasteiger partial charge in [-0.25, -0.2) is 9.97 Å². The standard InChI is InChI=1S/C29H41N3O3/c1-29(2,3)35-27(33)18-25(22-12-14-26(34-4)31-19-22)23-16-20(17-23)8-5-6-10-24-13-11-21-9-7-15-30-28(21)32-24/h11-14,19-20,23,25H,5-10,15-18H2,1-4H3,(H,30,32). The summed E-state index contributed by atoms with van der Waals surface area (Å²) >= 11 is 0. The Balaban J connectivity index is 1.26. The molecule has 2 aliphatic rings. The number of anilines is 1. The van der Waals surface area contributed by atoms with Gasteiger partial charge in [0.05, 0.1) is 13.5 Å². The van der Waals surface area contributed by atoms with E-state index in [1.165, 1.54) is 49.8 Å². The Labute approximate surface area is 210 Å². The zero-order valence-electron chi connectivity index (χ0n) is 21.8. The van der Waals surface area contributed by atoms with Crippen LogP contribution in [0.3, 0.4) is 0 Å². The highest BCUT2D eigenvalue weighted by Crippen LogP contribution is 2.47. The van der Waals surface area contributed by atoms with Gasteiger partial charge in [-0.15, -0.1) is 0 Å². The molecule has 1 aliphatic heterocycles. The molecule has 1 saturated carbocycles. The average Bonchev–Trinajstić information content (AvgIpc) is 2.80. The molecule has 35 heavy (non-hydrogen) atoms. The van der Waals surface area contributed by atoms with E-state index in [9.17, 15) is 4.79 Å². The highest BCUT2D eigenvalue weighted by atomic mass is 16.6. The molecule has 0 bridgehead atoms. The Hall–Kier alpha value is -2.63. The minimum atomic E-state index is -0.467. The number of nitrogens with one attached hydrogen (secondary N) is 1. The number of aromatic nitrogens is 2. The minimum absolute atomic E-state index is 0.131. The second-order valence-corrected chi connectivity index (χ2v) is 11.2. The third-order valence-corrected chi connectivity index (χ3v) is 7.29. The molecule has 6 nitrogen and oxygen atoms in total. The third-order valence-electron chi connectivity index (χ3n) is 7.29. The molecule has 1 N–H and O–H groups in total. The summed E-state index contributed by atoms with van der Waals surface area (Å²) in [7, 11) is 1.62. The first-order valence-corrected chi connectivity index (χ1v) is 13.2. The summed E-state index contributed by atoms with van der Waals surface area (Å²) in [5.41, 5.74) is 3.19. The van der Waals surface area contributed by atoms with Crippen LogP contribution in [-0.4, -0.2) is 35.2 Å². The monoisotopic (exact) mass is 479 g/mol. The molecule has 3 heterocycles. The molecule has 1 atom stereocenters. The number of carbonyl (C=O) groups excluding carboxylic acids is 1. The second kappa shape index (κ2) is 11.4. The lowest BCUT2D eigenvalue weighted by atomic mass is 9.64. The van der Waals surface area contributed by atoms with Crippen molar-refractivity contribution in [2.24, 2.45) is 11.8 Å². The Morgan fingerprint density at radius 2 is 2.00 bits per heavy atom. The molecule has 1 unspecified atom stereocenters. The number of ether oxygens (including phenoxy) is 2. The van der Waals surface area contributed by atoms with Crippen LogP contribution in [0.15, 0.2) is 30.5 Å². The van der Waals surface area contributed by atoms with E-state index < -0.39 is 5.60 Å². The number of carbonyl (C=O) groups is 1. The van der Waals surface area contributed by atoms with Crippen molar-refractivity contribution >= 4 is 11.8 Å². The van der Waals surface area contributed by atoms with Crippen LogP contribution < -0.4 is 10.1 Å². The molecule has 6 heteroatoms. The topological polar surface area (TPSA) is 73.3 Å². The van der Waals surface area contributed by atoms with Crippen molar-refractivity contribution in [3.05, 3.63) is 47.3 Å². The Kier molecular flexibility index (Phi) is 8.30. The van der Waals surface area contributed by atoms with Gasteiger partial charge in [-0.3, -0.25) is 4.79 Å². The molecule has 1 aliphatic carbocycles. The highest BCUT2D eigenvalue weighted by Gasteiger charge is 2.37. The Bertz CT molecular complexity index is 978. The number of methoxy groups -OCH3 is 1. The molecule has 2 aromatic heterocycles. The number of unbranched alkanes of at least 4 members (excludes halogenated alkanes) is 1. The molecule has 2 aromatic rings. The number of hydrogen-bond acceptors (Lipinski definition) is 6. The lowest BCUT2D eigenvalue weighted by Crippen LogP contribution is -2.32. The molecule has 0 saturated heterocycles. The van der Waals surface area contributed by atoms with Crippen LogP contribution in [0.4, 0.5) is 5.82 Å². The van der Waals surface area contributed by atoms with Gasteiger partial charge in [0.1, 0.15) is 11.4 Å². The number of pyridine rings is 2. The van der Waals surface area contributed by atoms with E-state index in [4.69, 9.17) is 14.5 Å². The summed E-state index contributed by atoms with van der Waals surface area (Å²) in [6, 6.07) is 8.39. The molecule has 1 fully saturated rings. The molecule has 0 radical (unpaired) electrons. The van der Waals surface area contributed by atoms with Crippen LogP contribution in [0.25, 0.3) is 0 Å². The number of aryl methyl sites for hydroxylation is 2. The predicted molar refractivity (Wildman–Crippen MR) is 139 cm³/mol. The van der Waals surface area contributed by atoms with Gasteiger partial charge in [-0.05, 0) is 94.2 Å². The molecule has 0 amide bonds. The normalized spacial score (nSPS) is 20.2. The average molecular weight is 480 g/mol. The van der Waals surface area contributed by atoms with E-state index in [-0.39, 0.29) is 11.9 Å². The zero-order chi connectivity index (χ0) is 24.8. The quantitative estimate of drug-likeness (QED) is 0.328.